The van der Waals surface area contributed by atoms with E-state index in [9.17, 15) is 22.0 Å². The van der Waals surface area contributed by atoms with Gasteiger partial charge in [0.1, 0.15) is 11.6 Å². The Morgan fingerprint density at radius 2 is 2.00 bits per heavy atom. The van der Waals surface area contributed by atoms with Crippen LogP contribution in [-0.2, 0) is 0 Å². The average Bonchev–Trinajstić information content (AvgIpc) is 3.06. The van der Waals surface area contributed by atoms with Gasteiger partial charge in [0.05, 0.1) is 17.5 Å². The first-order chi connectivity index (χ1) is 10.3. The van der Waals surface area contributed by atoms with Crippen molar-refractivity contribution in [1.82, 2.24) is 15.5 Å². The summed E-state index contributed by atoms with van der Waals surface area (Å²) in [5.74, 6) is -3.30. The first-order valence-electron chi connectivity index (χ1n) is 6.43. The predicted molar refractivity (Wildman–Crippen MR) is 64.6 cm³/mol. The summed E-state index contributed by atoms with van der Waals surface area (Å²) in [6.45, 7) is -0.239. The first-order valence-corrected chi connectivity index (χ1v) is 6.43. The molecule has 1 aliphatic rings. The van der Waals surface area contributed by atoms with Crippen molar-refractivity contribution in [3.63, 3.8) is 0 Å². The van der Waals surface area contributed by atoms with E-state index < -0.39 is 29.8 Å². The van der Waals surface area contributed by atoms with E-state index in [1.165, 1.54) is 0 Å². The van der Waals surface area contributed by atoms with Crippen molar-refractivity contribution in [2.45, 2.75) is 18.6 Å². The second-order valence-corrected chi connectivity index (χ2v) is 5.02. The van der Waals surface area contributed by atoms with Crippen molar-refractivity contribution < 1.29 is 26.5 Å². The number of halogens is 5. The van der Waals surface area contributed by atoms with Crippen molar-refractivity contribution in [2.75, 3.05) is 6.54 Å². The normalized spacial score (nSPS) is 22.2. The SMILES string of the molecule is Fc1ccc(-c2noc(C3CC(C(F)(F)F)CN3)n2)c(F)c1. The Balaban J connectivity index is 1.80. The molecule has 2 unspecified atom stereocenters. The van der Waals surface area contributed by atoms with E-state index in [1.807, 2.05) is 0 Å². The van der Waals surface area contributed by atoms with Gasteiger partial charge in [-0.1, -0.05) is 5.16 Å². The third kappa shape index (κ3) is 2.80. The topological polar surface area (TPSA) is 51.0 Å². The first kappa shape index (κ1) is 14.9. The van der Waals surface area contributed by atoms with Crippen LogP contribution in [0.5, 0.6) is 0 Å². The van der Waals surface area contributed by atoms with Crippen molar-refractivity contribution in [3.05, 3.63) is 35.7 Å². The van der Waals surface area contributed by atoms with E-state index in [0.717, 1.165) is 12.1 Å². The zero-order valence-electron chi connectivity index (χ0n) is 11.0. The molecule has 4 nitrogen and oxygen atoms in total. The maximum absolute atomic E-state index is 13.6. The van der Waals surface area contributed by atoms with Crippen LogP contribution in [0, 0.1) is 17.6 Å². The molecule has 1 aliphatic heterocycles. The van der Waals surface area contributed by atoms with E-state index in [0.29, 0.717) is 6.07 Å². The van der Waals surface area contributed by atoms with Gasteiger partial charge in [0.2, 0.25) is 11.7 Å². The molecule has 2 aromatic rings. The Morgan fingerprint density at radius 1 is 1.23 bits per heavy atom. The van der Waals surface area contributed by atoms with E-state index in [-0.39, 0.29) is 30.2 Å². The molecule has 0 amide bonds. The molecular formula is C13H10F5N3O. The quantitative estimate of drug-likeness (QED) is 0.864. The lowest BCUT2D eigenvalue weighted by molar-refractivity contribution is -0.169. The smallest absolute Gasteiger partial charge is 0.337 e. The van der Waals surface area contributed by atoms with Gasteiger partial charge in [0.15, 0.2) is 0 Å². The molecule has 0 spiro atoms. The molecule has 0 saturated carbocycles. The molecule has 118 valence electrons. The number of nitrogens with zero attached hydrogens (tertiary/aromatic N) is 2. The van der Waals surface area contributed by atoms with Gasteiger partial charge < -0.3 is 9.84 Å². The van der Waals surface area contributed by atoms with Crippen LogP contribution < -0.4 is 5.32 Å². The highest BCUT2D eigenvalue weighted by Crippen LogP contribution is 2.37. The number of aromatic nitrogens is 2. The standard InChI is InChI=1S/C13H10F5N3O/c14-7-1-2-8(9(15)4-7)11-20-12(22-21-11)10-3-6(5-19-10)13(16,17)18/h1-2,4,6,10,19H,3,5H2. The number of rotatable bonds is 2. The Kier molecular flexibility index (Phi) is 3.59. The van der Waals surface area contributed by atoms with Gasteiger partial charge in [-0.2, -0.15) is 18.2 Å². The molecule has 0 bridgehead atoms. The van der Waals surface area contributed by atoms with E-state index in [4.69, 9.17) is 4.52 Å². The molecule has 22 heavy (non-hydrogen) atoms. The van der Waals surface area contributed by atoms with Crippen LogP contribution in [0.3, 0.4) is 0 Å². The fraction of sp³-hybridized carbons (Fsp3) is 0.385. The lowest BCUT2D eigenvalue weighted by Crippen LogP contribution is -2.24. The zero-order chi connectivity index (χ0) is 15.9. The summed E-state index contributed by atoms with van der Waals surface area (Å²) >= 11 is 0. The van der Waals surface area contributed by atoms with Crippen LogP contribution in [-0.4, -0.2) is 22.9 Å². The van der Waals surface area contributed by atoms with Crippen LogP contribution in [0.2, 0.25) is 0 Å². The summed E-state index contributed by atoms with van der Waals surface area (Å²) in [7, 11) is 0. The minimum atomic E-state index is -4.30. The molecule has 9 heteroatoms. The van der Waals surface area contributed by atoms with Gasteiger partial charge in [-0.05, 0) is 18.6 Å². The van der Waals surface area contributed by atoms with E-state index in [2.05, 4.69) is 15.5 Å². The van der Waals surface area contributed by atoms with Gasteiger partial charge in [-0.3, -0.25) is 0 Å². The fourth-order valence-corrected chi connectivity index (χ4v) is 2.33. The van der Waals surface area contributed by atoms with Gasteiger partial charge in [-0.25, -0.2) is 8.78 Å². The van der Waals surface area contributed by atoms with E-state index in [1.54, 1.807) is 0 Å². The second kappa shape index (κ2) is 5.31. The van der Waals surface area contributed by atoms with Gasteiger partial charge in [0, 0.05) is 12.6 Å². The predicted octanol–water partition coefficient (Wildman–Crippen LogP) is 3.23. The average molecular weight is 319 g/mol. The van der Waals surface area contributed by atoms with Crippen molar-refractivity contribution >= 4 is 0 Å². The highest BCUT2D eigenvalue weighted by molar-refractivity contribution is 5.55. The van der Waals surface area contributed by atoms with Crippen LogP contribution in [0.1, 0.15) is 18.4 Å². The van der Waals surface area contributed by atoms with Crippen molar-refractivity contribution in [1.29, 1.82) is 0 Å². The maximum Gasteiger partial charge on any atom is 0.393 e. The Bertz CT molecular complexity index is 685. The molecule has 2 atom stereocenters. The summed E-state index contributed by atoms with van der Waals surface area (Å²) in [6, 6.07) is 2.09. The molecule has 0 radical (unpaired) electrons. The minimum Gasteiger partial charge on any atom is -0.337 e. The molecule has 1 fully saturated rings. The molecule has 1 saturated heterocycles. The van der Waals surface area contributed by atoms with E-state index >= 15 is 0 Å². The highest BCUT2D eigenvalue weighted by atomic mass is 19.4. The molecular weight excluding hydrogens is 309 g/mol. The Morgan fingerprint density at radius 3 is 2.64 bits per heavy atom. The third-order valence-electron chi connectivity index (χ3n) is 3.51. The van der Waals surface area contributed by atoms with Crippen LogP contribution in [0.25, 0.3) is 11.4 Å². The van der Waals surface area contributed by atoms with Crippen molar-refractivity contribution in [2.24, 2.45) is 5.92 Å². The molecule has 1 aromatic heterocycles. The third-order valence-corrected chi connectivity index (χ3v) is 3.51. The summed E-state index contributed by atoms with van der Waals surface area (Å²) in [4.78, 5) is 3.90. The summed E-state index contributed by atoms with van der Waals surface area (Å²) in [5, 5.41) is 6.19. The summed E-state index contributed by atoms with van der Waals surface area (Å²) in [5.41, 5.74) is -0.0817. The molecule has 1 N–H and O–H groups in total. The van der Waals surface area contributed by atoms with Gasteiger partial charge in [-0.15, -0.1) is 0 Å². The van der Waals surface area contributed by atoms with Crippen molar-refractivity contribution in [3.8, 4) is 11.4 Å². The largest absolute Gasteiger partial charge is 0.393 e. The monoisotopic (exact) mass is 319 g/mol. The Hall–Kier alpha value is -2.03. The number of alkyl halides is 3. The number of hydrogen-bond donors (Lipinski definition) is 1. The maximum atomic E-state index is 13.6. The fourth-order valence-electron chi connectivity index (χ4n) is 2.33. The van der Waals surface area contributed by atoms with Gasteiger partial charge >= 0.3 is 6.18 Å². The number of nitrogens with one attached hydrogen (secondary N) is 1. The zero-order valence-corrected chi connectivity index (χ0v) is 11.0. The van der Waals surface area contributed by atoms with Crippen LogP contribution >= 0.6 is 0 Å². The molecule has 2 heterocycles. The lowest BCUT2D eigenvalue weighted by atomic mass is 10.1. The summed E-state index contributed by atoms with van der Waals surface area (Å²) < 4.78 is 69.2. The molecule has 3 rings (SSSR count). The number of hydrogen-bond acceptors (Lipinski definition) is 4. The Labute approximate surface area is 121 Å². The lowest BCUT2D eigenvalue weighted by Gasteiger charge is -2.12. The second-order valence-electron chi connectivity index (χ2n) is 5.02. The molecule has 0 aliphatic carbocycles. The minimum absolute atomic E-state index is 0.0505. The van der Waals surface area contributed by atoms with Crippen LogP contribution in [0.4, 0.5) is 22.0 Å². The highest BCUT2D eigenvalue weighted by Gasteiger charge is 2.45. The molecule has 1 aromatic carbocycles. The summed E-state index contributed by atoms with van der Waals surface area (Å²) in [6.07, 6.45) is -4.52. The van der Waals surface area contributed by atoms with Gasteiger partial charge in [0.25, 0.3) is 0 Å². The van der Waals surface area contributed by atoms with Crippen LogP contribution in [0.15, 0.2) is 22.7 Å². The number of benzene rings is 1.